The van der Waals surface area contributed by atoms with Gasteiger partial charge in [0.1, 0.15) is 5.03 Å². The van der Waals surface area contributed by atoms with Gasteiger partial charge < -0.3 is 10.2 Å². The second kappa shape index (κ2) is 9.29. The largest absolute Gasteiger partial charge is 0.355 e. The lowest BCUT2D eigenvalue weighted by Gasteiger charge is -2.31. The summed E-state index contributed by atoms with van der Waals surface area (Å²) in [7, 11) is 0. The Hall–Kier alpha value is -2.57. The monoisotopic (exact) mass is 424 g/mol. The maximum absolute atomic E-state index is 12.5. The second-order valence-electron chi connectivity index (χ2n) is 6.90. The Morgan fingerprint density at radius 3 is 2.34 bits per heavy atom. The first-order chi connectivity index (χ1) is 14.2. The highest BCUT2D eigenvalue weighted by Gasteiger charge is 2.25. The van der Waals surface area contributed by atoms with Gasteiger partial charge in [-0.25, -0.2) is 0 Å². The zero-order valence-electron chi connectivity index (χ0n) is 15.8. The average Bonchev–Trinajstić information content (AvgIpc) is 2.77. The van der Waals surface area contributed by atoms with Crippen molar-refractivity contribution in [1.29, 1.82) is 0 Å². The van der Waals surface area contributed by atoms with Crippen LogP contribution in [-0.4, -0.2) is 29.2 Å². The van der Waals surface area contributed by atoms with Crippen molar-refractivity contribution in [3.63, 3.8) is 0 Å². The summed E-state index contributed by atoms with van der Waals surface area (Å²) in [6.07, 6.45) is 1.59. The fourth-order valence-corrected chi connectivity index (χ4v) is 4.17. The van der Waals surface area contributed by atoms with Gasteiger partial charge in [0, 0.05) is 34.6 Å². The quantitative estimate of drug-likeness (QED) is 0.614. The molecule has 7 heteroatoms. The first-order valence-corrected chi connectivity index (χ1v) is 10.7. The molecule has 0 unspecified atom stereocenters. The average molecular weight is 425 g/mol. The molecule has 0 saturated carbocycles. The van der Waals surface area contributed by atoms with E-state index < -0.39 is 0 Å². The standard InChI is InChI=1S/C22H21ClN4OS/c23-17-6-8-18(9-7-17)24-22(28)16-12-14-27(15-13-16)20-10-11-21(26-25-20)29-19-4-2-1-3-5-19/h1-11,16H,12-15H2,(H,24,28). The zero-order valence-corrected chi connectivity index (χ0v) is 17.4. The number of hydrogen-bond acceptors (Lipinski definition) is 5. The van der Waals surface area contributed by atoms with E-state index in [0.717, 1.165) is 47.4 Å². The van der Waals surface area contributed by atoms with Crippen LogP contribution < -0.4 is 10.2 Å². The van der Waals surface area contributed by atoms with Gasteiger partial charge >= 0.3 is 0 Å². The van der Waals surface area contributed by atoms with E-state index >= 15 is 0 Å². The summed E-state index contributed by atoms with van der Waals surface area (Å²) >= 11 is 7.49. The summed E-state index contributed by atoms with van der Waals surface area (Å²) < 4.78 is 0. The predicted molar refractivity (Wildman–Crippen MR) is 118 cm³/mol. The van der Waals surface area contributed by atoms with E-state index in [4.69, 9.17) is 11.6 Å². The maximum atomic E-state index is 12.5. The van der Waals surface area contributed by atoms with E-state index in [1.165, 1.54) is 0 Å². The molecule has 1 aliphatic rings. The van der Waals surface area contributed by atoms with Crippen LogP contribution in [0.15, 0.2) is 76.7 Å². The van der Waals surface area contributed by atoms with Crippen molar-refractivity contribution in [3.8, 4) is 0 Å². The van der Waals surface area contributed by atoms with Crippen molar-refractivity contribution in [2.75, 3.05) is 23.3 Å². The van der Waals surface area contributed by atoms with Crippen molar-refractivity contribution >= 4 is 40.8 Å². The summed E-state index contributed by atoms with van der Waals surface area (Å²) in [5.41, 5.74) is 0.777. The lowest BCUT2D eigenvalue weighted by atomic mass is 9.96. The van der Waals surface area contributed by atoms with Gasteiger partial charge in [-0.3, -0.25) is 4.79 Å². The molecule has 1 amide bonds. The minimum atomic E-state index is 0.00259. The third-order valence-corrected chi connectivity index (χ3v) is 6.08. The van der Waals surface area contributed by atoms with E-state index in [-0.39, 0.29) is 11.8 Å². The van der Waals surface area contributed by atoms with Crippen LogP contribution in [0.5, 0.6) is 0 Å². The van der Waals surface area contributed by atoms with Crippen LogP contribution in [0.4, 0.5) is 11.5 Å². The zero-order chi connectivity index (χ0) is 20.1. The van der Waals surface area contributed by atoms with Crippen LogP contribution in [0.25, 0.3) is 0 Å². The summed E-state index contributed by atoms with van der Waals surface area (Å²) in [5.74, 6) is 0.925. The molecule has 2 aromatic carbocycles. The molecule has 5 nitrogen and oxygen atoms in total. The molecule has 3 aromatic rings. The normalized spacial score (nSPS) is 14.6. The van der Waals surface area contributed by atoms with Gasteiger partial charge in [0.25, 0.3) is 0 Å². The lowest BCUT2D eigenvalue weighted by Crippen LogP contribution is -2.38. The number of benzene rings is 2. The molecule has 1 fully saturated rings. The van der Waals surface area contributed by atoms with Gasteiger partial charge in [0.2, 0.25) is 5.91 Å². The Balaban J connectivity index is 1.30. The maximum Gasteiger partial charge on any atom is 0.227 e. The minimum absolute atomic E-state index is 0.00259. The number of piperidine rings is 1. The van der Waals surface area contributed by atoms with Crippen LogP contribution in [0.2, 0.25) is 5.02 Å². The first-order valence-electron chi connectivity index (χ1n) is 9.55. The van der Waals surface area contributed by atoms with Crippen molar-refractivity contribution in [2.24, 2.45) is 5.92 Å². The first kappa shape index (κ1) is 19.7. The molecule has 0 bridgehead atoms. The van der Waals surface area contributed by atoms with Crippen molar-refractivity contribution in [3.05, 3.63) is 71.8 Å². The fourth-order valence-electron chi connectivity index (χ4n) is 3.29. The van der Waals surface area contributed by atoms with Crippen LogP contribution in [-0.2, 0) is 4.79 Å². The van der Waals surface area contributed by atoms with Crippen LogP contribution >= 0.6 is 23.4 Å². The number of carbonyl (C=O) groups is 1. The van der Waals surface area contributed by atoms with E-state index in [0.29, 0.717) is 5.02 Å². The molecule has 29 heavy (non-hydrogen) atoms. The molecule has 1 aliphatic heterocycles. The molecule has 2 heterocycles. The predicted octanol–water partition coefficient (Wildman–Crippen LogP) is 5.14. The Morgan fingerprint density at radius 1 is 0.966 bits per heavy atom. The number of anilines is 2. The highest BCUT2D eigenvalue weighted by Crippen LogP contribution is 2.27. The number of halogens is 1. The molecule has 0 radical (unpaired) electrons. The fraction of sp³-hybridized carbons (Fsp3) is 0.227. The van der Waals surface area contributed by atoms with Crippen LogP contribution in [0, 0.1) is 5.92 Å². The van der Waals surface area contributed by atoms with Gasteiger partial charge in [-0.1, -0.05) is 41.6 Å². The van der Waals surface area contributed by atoms with Crippen LogP contribution in [0.3, 0.4) is 0 Å². The molecule has 1 saturated heterocycles. The summed E-state index contributed by atoms with van der Waals surface area (Å²) in [6, 6.07) is 21.3. The highest BCUT2D eigenvalue weighted by molar-refractivity contribution is 7.99. The van der Waals surface area contributed by atoms with Crippen molar-refractivity contribution in [1.82, 2.24) is 10.2 Å². The van der Waals surface area contributed by atoms with Crippen LogP contribution in [0.1, 0.15) is 12.8 Å². The number of hydrogen-bond donors (Lipinski definition) is 1. The molecule has 148 valence electrons. The smallest absolute Gasteiger partial charge is 0.227 e. The Labute approximate surface area is 179 Å². The van der Waals surface area contributed by atoms with Crippen molar-refractivity contribution in [2.45, 2.75) is 22.8 Å². The minimum Gasteiger partial charge on any atom is -0.355 e. The number of aromatic nitrogens is 2. The summed E-state index contributed by atoms with van der Waals surface area (Å²) in [4.78, 5) is 15.9. The number of rotatable bonds is 5. The molecule has 1 aromatic heterocycles. The number of nitrogens with zero attached hydrogens (tertiary/aromatic N) is 3. The van der Waals surface area contributed by atoms with E-state index in [9.17, 15) is 4.79 Å². The van der Waals surface area contributed by atoms with Gasteiger partial charge in [0.05, 0.1) is 0 Å². The van der Waals surface area contributed by atoms with E-state index in [1.54, 1.807) is 23.9 Å². The van der Waals surface area contributed by atoms with Gasteiger partial charge in [-0.2, -0.15) is 0 Å². The number of amides is 1. The van der Waals surface area contributed by atoms with E-state index in [1.807, 2.05) is 42.5 Å². The second-order valence-corrected chi connectivity index (χ2v) is 8.43. The number of carbonyl (C=O) groups excluding carboxylic acids is 1. The van der Waals surface area contributed by atoms with Crippen molar-refractivity contribution < 1.29 is 4.79 Å². The highest BCUT2D eigenvalue weighted by atomic mass is 35.5. The Kier molecular flexibility index (Phi) is 6.32. The topological polar surface area (TPSA) is 58.1 Å². The summed E-state index contributed by atoms with van der Waals surface area (Å²) in [6.45, 7) is 1.58. The number of nitrogens with one attached hydrogen (secondary N) is 1. The third kappa shape index (κ3) is 5.28. The molecular formula is C22H21ClN4OS. The SMILES string of the molecule is O=C(Nc1ccc(Cl)cc1)C1CCN(c2ccc(Sc3ccccc3)nn2)CC1. The molecule has 0 aliphatic carbocycles. The molecule has 0 atom stereocenters. The third-order valence-electron chi connectivity index (χ3n) is 4.89. The molecule has 4 rings (SSSR count). The van der Waals surface area contributed by atoms with Gasteiger partial charge in [-0.15, -0.1) is 10.2 Å². The Bertz CT molecular complexity index is 943. The molecule has 1 N–H and O–H groups in total. The molecule has 0 spiro atoms. The lowest BCUT2D eigenvalue weighted by molar-refractivity contribution is -0.120. The van der Waals surface area contributed by atoms with Gasteiger partial charge in [0.15, 0.2) is 5.82 Å². The molecular weight excluding hydrogens is 404 g/mol. The van der Waals surface area contributed by atoms with E-state index in [2.05, 4.69) is 32.5 Å². The van der Waals surface area contributed by atoms with Gasteiger partial charge in [-0.05, 0) is 61.4 Å². The Morgan fingerprint density at radius 2 is 1.69 bits per heavy atom. The summed E-state index contributed by atoms with van der Waals surface area (Å²) in [5, 5.41) is 13.2.